The number of H-pyrrole nitrogens is 1. The zero-order valence-corrected chi connectivity index (χ0v) is 12.9. The number of hydrogen-bond donors (Lipinski definition) is 1. The number of alkyl halides is 3. The van der Waals surface area contributed by atoms with Gasteiger partial charge < -0.3 is 4.98 Å². The molecule has 0 amide bonds. The minimum Gasteiger partial charge on any atom is -0.354 e. The highest BCUT2D eigenvalue weighted by Crippen LogP contribution is 2.37. The van der Waals surface area contributed by atoms with Crippen LogP contribution in [0.15, 0.2) is 36.4 Å². The molecule has 2 nitrogen and oxygen atoms in total. The molecule has 7 heteroatoms. The van der Waals surface area contributed by atoms with Gasteiger partial charge >= 0.3 is 6.18 Å². The summed E-state index contributed by atoms with van der Waals surface area (Å²) in [6, 6.07) is 7.87. The van der Waals surface area contributed by atoms with Crippen LogP contribution in [-0.2, 0) is 6.18 Å². The molecule has 0 fully saturated rings. The molecular weight excluding hydrogens is 350 g/mol. The van der Waals surface area contributed by atoms with Crippen molar-refractivity contribution in [2.45, 2.75) is 6.18 Å². The number of fused-ring (bicyclic) bond motifs is 1. The molecule has 0 spiro atoms. The molecule has 0 unspecified atom stereocenters. The highest BCUT2D eigenvalue weighted by molar-refractivity contribution is 6.35. The van der Waals surface area contributed by atoms with E-state index < -0.39 is 11.7 Å². The van der Waals surface area contributed by atoms with Crippen LogP contribution in [0.1, 0.15) is 15.9 Å². The lowest BCUT2D eigenvalue weighted by Gasteiger charge is -2.06. The fourth-order valence-corrected chi connectivity index (χ4v) is 2.80. The Kier molecular flexibility index (Phi) is 3.86. The molecule has 23 heavy (non-hydrogen) atoms. The van der Waals surface area contributed by atoms with Crippen LogP contribution in [0, 0.1) is 0 Å². The van der Waals surface area contributed by atoms with Crippen LogP contribution in [0.4, 0.5) is 13.2 Å². The van der Waals surface area contributed by atoms with Crippen molar-refractivity contribution in [3.05, 3.63) is 57.6 Å². The number of hydrogen-bond acceptors (Lipinski definition) is 1. The van der Waals surface area contributed by atoms with Crippen molar-refractivity contribution < 1.29 is 18.0 Å². The summed E-state index contributed by atoms with van der Waals surface area (Å²) in [5, 5.41) is 0.914. The van der Waals surface area contributed by atoms with E-state index in [0.29, 0.717) is 33.1 Å². The van der Waals surface area contributed by atoms with Crippen LogP contribution >= 0.6 is 23.2 Å². The minimum absolute atomic E-state index is 0.107. The Balaban J connectivity index is 2.30. The Labute approximate surface area is 138 Å². The summed E-state index contributed by atoms with van der Waals surface area (Å²) in [5.41, 5.74) is 0.477. The van der Waals surface area contributed by atoms with Gasteiger partial charge in [0.1, 0.15) is 0 Å². The van der Waals surface area contributed by atoms with Crippen LogP contribution in [0.3, 0.4) is 0 Å². The molecule has 3 rings (SSSR count). The highest BCUT2D eigenvalue weighted by Gasteiger charge is 2.31. The third-order valence-corrected chi connectivity index (χ3v) is 4.05. The third kappa shape index (κ3) is 2.82. The van der Waals surface area contributed by atoms with E-state index in [4.69, 9.17) is 23.2 Å². The Morgan fingerprint density at radius 2 is 1.78 bits per heavy atom. The number of carbonyl (C=O) groups is 1. The quantitative estimate of drug-likeness (QED) is 0.562. The van der Waals surface area contributed by atoms with Crippen LogP contribution < -0.4 is 0 Å². The fraction of sp³-hybridized carbons (Fsp3) is 0.0625. The number of aldehydes is 1. The van der Waals surface area contributed by atoms with Gasteiger partial charge in [-0.1, -0.05) is 23.2 Å². The predicted molar refractivity (Wildman–Crippen MR) is 84.1 cm³/mol. The van der Waals surface area contributed by atoms with Gasteiger partial charge in [-0.2, -0.15) is 13.2 Å². The van der Waals surface area contributed by atoms with E-state index in [-0.39, 0.29) is 10.9 Å². The molecule has 0 bridgehead atoms. The summed E-state index contributed by atoms with van der Waals surface area (Å²) in [5.74, 6) is 0. The van der Waals surface area contributed by atoms with Crippen molar-refractivity contribution in [3.63, 3.8) is 0 Å². The molecule has 1 heterocycles. The van der Waals surface area contributed by atoms with Crippen molar-refractivity contribution >= 4 is 40.4 Å². The summed E-state index contributed by atoms with van der Waals surface area (Å²) in [6.07, 6.45) is -3.98. The zero-order valence-electron chi connectivity index (χ0n) is 11.3. The molecule has 3 aromatic rings. The molecule has 0 saturated carbocycles. The SMILES string of the molecule is O=Cc1c(-c2cc(Cl)ccc2Cl)[nH]c2ccc(C(F)(F)F)cc12. The first kappa shape index (κ1) is 15.9. The van der Waals surface area contributed by atoms with Crippen LogP contribution in [0.5, 0.6) is 0 Å². The van der Waals surface area contributed by atoms with E-state index in [1.807, 2.05) is 0 Å². The maximum absolute atomic E-state index is 12.9. The maximum atomic E-state index is 12.9. The van der Waals surface area contributed by atoms with E-state index in [1.54, 1.807) is 18.2 Å². The largest absolute Gasteiger partial charge is 0.416 e. The van der Waals surface area contributed by atoms with Gasteiger partial charge in [0.25, 0.3) is 0 Å². The lowest BCUT2D eigenvalue weighted by atomic mass is 10.0. The van der Waals surface area contributed by atoms with Gasteiger partial charge in [0.05, 0.1) is 16.3 Å². The van der Waals surface area contributed by atoms with E-state index in [2.05, 4.69) is 4.98 Å². The van der Waals surface area contributed by atoms with Crippen LogP contribution in [0.2, 0.25) is 10.0 Å². The number of benzene rings is 2. The maximum Gasteiger partial charge on any atom is 0.416 e. The second kappa shape index (κ2) is 5.58. The Morgan fingerprint density at radius 3 is 2.43 bits per heavy atom. The van der Waals surface area contributed by atoms with Gasteiger partial charge in [-0.25, -0.2) is 0 Å². The van der Waals surface area contributed by atoms with E-state index in [9.17, 15) is 18.0 Å². The Morgan fingerprint density at radius 1 is 1.04 bits per heavy atom. The van der Waals surface area contributed by atoms with Crippen molar-refractivity contribution in [1.29, 1.82) is 0 Å². The first-order valence-electron chi connectivity index (χ1n) is 6.45. The molecule has 118 valence electrons. The van der Waals surface area contributed by atoms with Crippen molar-refractivity contribution in [1.82, 2.24) is 4.98 Å². The summed E-state index contributed by atoms with van der Waals surface area (Å²) in [4.78, 5) is 14.4. The lowest BCUT2D eigenvalue weighted by Crippen LogP contribution is -2.04. The molecule has 0 saturated heterocycles. The molecule has 0 aliphatic heterocycles. The lowest BCUT2D eigenvalue weighted by molar-refractivity contribution is -0.137. The Bertz CT molecular complexity index is 916. The van der Waals surface area contributed by atoms with Crippen molar-refractivity contribution in [2.75, 3.05) is 0 Å². The summed E-state index contributed by atoms with van der Waals surface area (Å²) < 4.78 is 38.6. The normalized spacial score (nSPS) is 11.9. The number of carbonyl (C=O) groups excluding carboxylic acids is 1. The van der Waals surface area contributed by atoms with Crippen LogP contribution in [-0.4, -0.2) is 11.3 Å². The molecule has 0 radical (unpaired) electrons. The van der Waals surface area contributed by atoms with Crippen molar-refractivity contribution in [2.24, 2.45) is 0 Å². The van der Waals surface area contributed by atoms with Gasteiger partial charge in [-0.05, 0) is 36.4 Å². The molecule has 1 aromatic heterocycles. The number of aromatic amines is 1. The number of rotatable bonds is 2. The van der Waals surface area contributed by atoms with Gasteiger partial charge in [-0.15, -0.1) is 0 Å². The number of nitrogens with one attached hydrogen (secondary N) is 1. The third-order valence-electron chi connectivity index (χ3n) is 3.48. The average Bonchev–Trinajstić information content (AvgIpc) is 2.86. The summed E-state index contributed by atoms with van der Waals surface area (Å²) >= 11 is 12.1. The monoisotopic (exact) mass is 357 g/mol. The zero-order chi connectivity index (χ0) is 16.8. The summed E-state index contributed by atoms with van der Waals surface area (Å²) in [6.45, 7) is 0. The van der Waals surface area contributed by atoms with Gasteiger partial charge in [-0.3, -0.25) is 4.79 Å². The molecule has 2 aromatic carbocycles. The summed E-state index contributed by atoms with van der Waals surface area (Å²) in [7, 11) is 0. The van der Waals surface area contributed by atoms with Gasteiger partial charge in [0, 0.05) is 27.1 Å². The second-order valence-electron chi connectivity index (χ2n) is 4.91. The van der Waals surface area contributed by atoms with E-state index >= 15 is 0 Å². The van der Waals surface area contributed by atoms with Crippen molar-refractivity contribution in [3.8, 4) is 11.3 Å². The fourth-order valence-electron chi connectivity index (χ4n) is 2.41. The predicted octanol–water partition coefficient (Wildman–Crippen LogP) is 5.97. The highest BCUT2D eigenvalue weighted by atomic mass is 35.5. The molecular formula is C16H8Cl2F3NO. The van der Waals surface area contributed by atoms with E-state index in [1.165, 1.54) is 6.07 Å². The number of aromatic nitrogens is 1. The standard InChI is InChI=1S/C16H8Cl2F3NO/c17-9-2-3-13(18)11(6-9)15-12(7-23)10-5-8(16(19,20)21)1-4-14(10)22-15/h1-7,22H. The molecule has 0 atom stereocenters. The first-order chi connectivity index (χ1) is 10.8. The molecule has 0 aliphatic carbocycles. The second-order valence-corrected chi connectivity index (χ2v) is 5.76. The van der Waals surface area contributed by atoms with Gasteiger partial charge in [0.2, 0.25) is 0 Å². The average molecular weight is 358 g/mol. The number of halogens is 5. The Hall–Kier alpha value is -1.98. The molecule has 1 N–H and O–H groups in total. The van der Waals surface area contributed by atoms with E-state index in [0.717, 1.165) is 12.1 Å². The topological polar surface area (TPSA) is 32.9 Å². The van der Waals surface area contributed by atoms with Gasteiger partial charge in [0.15, 0.2) is 6.29 Å². The molecule has 0 aliphatic rings. The minimum atomic E-state index is -4.49. The van der Waals surface area contributed by atoms with Crippen LogP contribution in [0.25, 0.3) is 22.2 Å². The first-order valence-corrected chi connectivity index (χ1v) is 7.20. The smallest absolute Gasteiger partial charge is 0.354 e.